The molecular weight excluding hydrogens is 187 g/mol. The summed E-state index contributed by atoms with van der Waals surface area (Å²) in [5.74, 6) is -1.07. The molecule has 0 bridgehead atoms. The Kier molecular flexibility index (Phi) is 2.91. The molecule has 0 amide bonds. The van der Waals surface area contributed by atoms with Crippen molar-refractivity contribution in [2.24, 2.45) is 0 Å². The van der Waals surface area contributed by atoms with Crippen LogP contribution >= 0.6 is 0 Å². The zero-order valence-corrected chi connectivity index (χ0v) is 7.71. The summed E-state index contributed by atoms with van der Waals surface area (Å²) < 4.78 is 17.5. The Morgan fingerprint density at radius 2 is 2.14 bits per heavy atom. The highest BCUT2D eigenvalue weighted by Crippen LogP contribution is 2.21. The molecule has 5 heteroatoms. The van der Waals surface area contributed by atoms with Gasteiger partial charge in [0, 0.05) is 0 Å². The fourth-order valence-electron chi connectivity index (χ4n) is 1.04. The molecule has 0 saturated carbocycles. The molecule has 0 aliphatic carbocycles. The summed E-state index contributed by atoms with van der Waals surface area (Å²) in [5.41, 5.74) is 11.2. The number of esters is 1. The van der Waals surface area contributed by atoms with Gasteiger partial charge in [-0.2, -0.15) is 0 Å². The maximum absolute atomic E-state index is 13.0. The third-order valence-electron chi connectivity index (χ3n) is 1.80. The minimum atomic E-state index is -0.621. The van der Waals surface area contributed by atoms with Crippen LogP contribution in [0, 0.1) is 5.82 Å². The standard InChI is InChI=1S/C9H11FN2O2/c1-14-8(13)4-5-2-6(10)9(12)7(11)3-5/h2-3H,4,11-12H2,1H3. The first kappa shape index (κ1) is 10.3. The second-order valence-electron chi connectivity index (χ2n) is 2.83. The zero-order chi connectivity index (χ0) is 10.7. The van der Waals surface area contributed by atoms with Crippen molar-refractivity contribution >= 4 is 17.3 Å². The summed E-state index contributed by atoms with van der Waals surface area (Å²) in [6, 6.07) is 2.62. The molecule has 0 fully saturated rings. The average Bonchev–Trinajstić information content (AvgIpc) is 2.14. The third-order valence-corrected chi connectivity index (χ3v) is 1.80. The highest BCUT2D eigenvalue weighted by Gasteiger charge is 2.08. The molecule has 14 heavy (non-hydrogen) atoms. The quantitative estimate of drug-likeness (QED) is 0.541. The van der Waals surface area contributed by atoms with E-state index in [1.807, 2.05) is 0 Å². The van der Waals surface area contributed by atoms with E-state index in [0.717, 1.165) is 0 Å². The SMILES string of the molecule is COC(=O)Cc1cc(N)c(N)c(F)c1. The van der Waals surface area contributed by atoms with Crippen LogP contribution in [-0.2, 0) is 16.0 Å². The Hall–Kier alpha value is -1.78. The molecule has 0 aromatic heterocycles. The molecule has 0 aliphatic heterocycles. The molecule has 0 heterocycles. The summed E-state index contributed by atoms with van der Waals surface area (Å²) in [7, 11) is 1.26. The monoisotopic (exact) mass is 198 g/mol. The lowest BCUT2D eigenvalue weighted by Crippen LogP contribution is -2.06. The van der Waals surface area contributed by atoms with Gasteiger partial charge in [-0.1, -0.05) is 0 Å². The maximum atomic E-state index is 13.0. The Morgan fingerprint density at radius 3 is 2.64 bits per heavy atom. The largest absolute Gasteiger partial charge is 0.469 e. The van der Waals surface area contributed by atoms with Gasteiger partial charge in [0.15, 0.2) is 0 Å². The van der Waals surface area contributed by atoms with Gasteiger partial charge in [-0.25, -0.2) is 4.39 Å². The van der Waals surface area contributed by atoms with Gasteiger partial charge in [-0.15, -0.1) is 0 Å². The first-order chi connectivity index (χ1) is 6.54. The van der Waals surface area contributed by atoms with Crippen molar-refractivity contribution in [2.75, 3.05) is 18.6 Å². The van der Waals surface area contributed by atoms with Crippen molar-refractivity contribution in [1.82, 2.24) is 0 Å². The summed E-state index contributed by atoms with van der Waals surface area (Å²) >= 11 is 0. The second-order valence-corrected chi connectivity index (χ2v) is 2.83. The van der Waals surface area contributed by atoms with Crippen molar-refractivity contribution in [2.45, 2.75) is 6.42 Å². The molecule has 0 spiro atoms. The number of halogens is 1. The van der Waals surface area contributed by atoms with E-state index in [-0.39, 0.29) is 17.8 Å². The predicted octanol–water partition coefficient (Wildman–Crippen LogP) is 0.706. The molecule has 4 nitrogen and oxygen atoms in total. The Bertz CT molecular complexity index is 343. The Labute approximate surface area is 80.6 Å². The van der Waals surface area contributed by atoms with Crippen LogP contribution in [0.3, 0.4) is 0 Å². The molecule has 1 rings (SSSR count). The highest BCUT2D eigenvalue weighted by molar-refractivity contribution is 5.74. The normalized spacial score (nSPS) is 9.86. The van der Waals surface area contributed by atoms with Gasteiger partial charge in [-0.05, 0) is 17.7 Å². The van der Waals surface area contributed by atoms with Crippen LogP contribution in [0.25, 0.3) is 0 Å². The topological polar surface area (TPSA) is 78.3 Å². The minimum Gasteiger partial charge on any atom is -0.469 e. The summed E-state index contributed by atoms with van der Waals surface area (Å²) in [6.07, 6.45) is -0.0160. The van der Waals surface area contributed by atoms with Crippen molar-refractivity contribution in [3.8, 4) is 0 Å². The van der Waals surface area contributed by atoms with E-state index in [2.05, 4.69) is 4.74 Å². The van der Waals surface area contributed by atoms with Gasteiger partial charge in [0.1, 0.15) is 5.82 Å². The van der Waals surface area contributed by atoms with E-state index < -0.39 is 11.8 Å². The first-order valence-electron chi connectivity index (χ1n) is 3.94. The predicted molar refractivity (Wildman–Crippen MR) is 50.9 cm³/mol. The molecule has 4 N–H and O–H groups in total. The second kappa shape index (κ2) is 3.95. The number of carbonyl (C=O) groups excluding carboxylic acids is 1. The average molecular weight is 198 g/mol. The molecule has 0 aliphatic rings. The highest BCUT2D eigenvalue weighted by atomic mass is 19.1. The van der Waals surface area contributed by atoms with E-state index in [0.29, 0.717) is 5.56 Å². The first-order valence-corrected chi connectivity index (χ1v) is 3.94. The Morgan fingerprint density at radius 1 is 1.50 bits per heavy atom. The number of ether oxygens (including phenoxy) is 1. The van der Waals surface area contributed by atoms with Crippen LogP contribution in [-0.4, -0.2) is 13.1 Å². The van der Waals surface area contributed by atoms with Crippen LogP contribution in [0.2, 0.25) is 0 Å². The molecule has 1 aromatic carbocycles. The van der Waals surface area contributed by atoms with Crippen LogP contribution in [0.5, 0.6) is 0 Å². The summed E-state index contributed by atoms with van der Waals surface area (Å²) in [4.78, 5) is 10.9. The van der Waals surface area contributed by atoms with Crippen LogP contribution in [0.4, 0.5) is 15.8 Å². The van der Waals surface area contributed by atoms with Gasteiger partial charge >= 0.3 is 5.97 Å². The van der Waals surface area contributed by atoms with Crippen LogP contribution in [0.1, 0.15) is 5.56 Å². The summed E-state index contributed by atoms with van der Waals surface area (Å²) in [5, 5.41) is 0. The number of hydrogen-bond acceptors (Lipinski definition) is 4. The van der Waals surface area contributed by atoms with Crippen molar-refractivity contribution in [3.05, 3.63) is 23.5 Å². The number of carbonyl (C=O) groups is 1. The van der Waals surface area contributed by atoms with E-state index in [1.165, 1.54) is 19.2 Å². The van der Waals surface area contributed by atoms with Gasteiger partial charge < -0.3 is 16.2 Å². The van der Waals surface area contributed by atoms with Crippen molar-refractivity contribution in [3.63, 3.8) is 0 Å². The van der Waals surface area contributed by atoms with Crippen molar-refractivity contribution in [1.29, 1.82) is 0 Å². The number of rotatable bonds is 2. The van der Waals surface area contributed by atoms with E-state index in [1.54, 1.807) is 0 Å². The van der Waals surface area contributed by atoms with Gasteiger partial charge in [0.2, 0.25) is 0 Å². The smallest absolute Gasteiger partial charge is 0.309 e. The molecule has 0 unspecified atom stereocenters. The lowest BCUT2D eigenvalue weighted by Gasteiger charge is -2.05. The Balaban J connectivity index is 2.95. The molecule has 76 valence electrons. The van der Waals surface area contributed by atoms with E-state index >= 15 is 0 Å². The van der Waals surface area contributed by atoms with Gasteiger partial charge in [-0.3, -0.25) is 4.79 Å². The van der Waals surface area contributed by atoms with E-state index in [9.17, 15) is 9.18 Å². The molecular formula is C9H11FN2O2. The zero-order valence-electron chi connectivity index (χ0n) is 7.71. The van der Waals surface area contributed by atoms with Crippen LogP contribution < -0.4 is 11.5 Å². The molecule has 0 saturated heterocycles. The molecule has 0 radical (unpaired) electrons. The molecule has 0 atom stereocenters. The van der Waals surface area contributed by atoms with Gasteiger partial charge in [0.25, 0.3) is 0 Å². The molecule has 1 aromatic rings. The lowest BCUT2D eigenvalue weighted by molar-refractivity contribution is -0.139. The number of nitrogens with two attached hydrogens (primary N) is 2. The number of hydrogen-bond donors (Lipinski definition) is 2. The lowest BCUT2D eigenvalue weighted by atomic mass is 10.1. The van der Waals surface area contributed by atoms with Crippen molar-refractivity contribution < 1.29 is 13.9 Å². The van der Waals surface area contributed by atoms with Crippen LogP contribution in [0.15, 0.2) is 12.1 Å². The fourth-order valence-corrected chi connectivity index (χ4v) is 1.04. The maximum Gasteiger partial charge on any atom is 0.309 e. The number of benzene rings is 1. The van der Waals surface area contributed by atoms with Gasteiger partial charge in [0.05, 0.1) is 24.9 Å². The number of anilines is 2. The van der Waals surface area contributed by atoms with E-state index in [4.69, 9.17) is 11.5 Å². The fraction of sp³-hybridized carbons (Fsp3) is 0.222. The minimum absolute atomic E-state index is 0.0160. The third kappa shape index (κ3) is 2.12. The summed E-state index contributed by atoms with van der Waals surface area (Å²) in [6.45, 7) is 0. The number of nitrogen functional groups attached to an aromatic ring is 2. The number of methoxy groups -OCH3 is 1.